The number of nitrogens with zero attached hydrogens (tertiary/aromatic N) is 4. The van der Waals surface area contributed by atoms with Crippen molar-refractivity contribution in [2.24, 2.45) is 0 Å². The smallest absolute Gasteiger partial charge is 0.264 e. The Morgan fingerprint density at radius 2 is 1.88 bits per heavy atom. The summed E-state index contributed by atoms with van der Waals surface area (Å²) in [5.41, 5.74) is 2.01. The van der Waals surface area contributed by atoms with Crippen molar-refractivity contribution >= 4 is 39.1 Å². The van der Waals surface area contributed by atoms with Crippen molar-refractivity contribution in [3.8, 4) is 11.8 Å². The molecular weight excluding hydrogens is 453 g/mol. The molecule has 6 nitrogen and oxygen atoms in total. The van der Waals surface area contributed by atoms with Crippen molar-refractivity contribution in [1.29, 1.82) is 5.26 Å². The number of benzene rings is 3. The summed E-state index contributed by atoms with van der Waals surface area (Å²) in [6, 6.07) is 19.8. The Labute approximate surface area is 198 Å². The molecule has 2 aromatic heterocycles. The summed E-state index contributed by atoms with van der Waals surface area (Å²) in [7, 11) is 0. The van der Waals surface area contributed by atoms with Crippen LogP contribution in [0.15, 0.2) is 77.9 Å². The molecule has 0 fully saturated rings. The van der Waals surface area contributed by atoms with Crippen LogP contribution in [0.1, 0.15) is 24.2 Å². The van der Waals surface area contributed by atoms with E-state index < -0.39 is 11.9 Å². The van der Waals surface area contributed by atoms with E-state index >= 15 is 0 Å². The normalized spacial score (nSPS) is 11.9. The highest BCUT2D eigenvalue weighted by atomic mass is 35.5. The van der Waals surface area contributed by atoms with Gasteiger partial charge in [-0.3, -0.25) is 9.36 Å². The average Bonchev–Trinajstić information content (AvgIpc) is 2.84. The molecule has 1 N–H and O–H groups in total. The van der Waals surface area contributed by atoms with Crippen molar-refractivity contribution in [2.45, 2.75) is 13.0 Å². The van der Waals surface area contributed by atoms with Gasteiger partial charge in [0.25, 0.3) is 5.56 Å². The Morgan fingerprint density at radius 3 is 2.65 bits per heavy atom. The highest BCUT2D eigenvalue weighted by Gasteiger charge is 2.19. The second kappa shape index (κ2) is 8.58. The van der Waals surface area contributed by atoms with E-state index in [2.05, 4.69) is 21.4 Å². The van der Waals surface area contributed by atoms with Crippen molar-refractivity contribution in [3.63, 3.8) is 0 Å². The first-order valence-electron chi connectivity index (χ1n) is 10.5. The van der Waals surface area contributed by atoms with E-state index in [1.165, 1.54) is 23.0 Å². The summed E-state index contributed by atoms with van der Waals surface area (Å²) >= 11 is 6.37. The zero-order valence-corrected chi connectivity index (χ0v) is 18.7. The topological polar surface area (TPSA) is 83.6 Å². The van der Waals surface area contributed by atoms with E-state index in [-0.39, 0.29) is 5.56 Å². The van der Waals surface area contributed by atoms with Gasteiger partial charge in [0.1, 0.15) is 18.0 Å². The van der Waals surface area contributed by atoms with E-state index in [9.17, 15) is 14.4 Å². The van der Waals surface area contributed by atoms with Crippen LogP contribution in [0.2, 0.25) is 5.02 Å². The molecule has 0 radical (unpaired) electrons. The van der Waals surface area contributed by atoms with Crippen LogP contribution >= 0.6 is 11.6 Å². The van der Waals surface area contributed by atoms with Crippen LogP contribution in [0.3, 0.4) is 0 Å². The molecule has 5 rings (SSSR count). The Bertz CT molecular complexity index is 1660. The van der Waals surface area contributed by atoms with Crippen LogP contribution < -0.4 is 10.9 Å². The molecule has 3 aromatic carbocycles. The number of aromatic nitrogens is 3. The number of halogens is 2. The van der Waals surface area contributed by atoms with Gasteiger partial charge in [0, 0.05) is 16.8 Å². The van der Waals surface area contributed by atoms with Gasteiger partial charge in [-0.15, -0.1) is 0 Å². The van der Waals surface area contributed by atoms with Gasteiger partial charge in [-0.25, -0.2) is 14.4 Å². The summed E-state index contributed by atoms with van der Waals surface area (Å²) in [5.74, 6) is 0.128. The fourth-order valence-corrected chi connectivity index (χ4v) is 4.30. The van der Waals surface area contributed by atoms with Crippen LogP contribution in [0.5, 0.6) is 0 Å². The Hall–Kier alpha value is -4.28. The van der Waals surface area contributed by atoms with Crippen molar-refractivity contribution in [2.75, 3.05) is 5.32 Å². The fraction of sp³-hybridized carbons (Fsp3) is 0.0769. The van der Waals surface area contributed by atoms with Gasteiger partial charge in [0.15, 0.2) is 0 Å². The number of fused-ring (bicyclic) bond motifs is 2. The van der Waals surface area contributed by atoms with Crippen LogP contribution in [0.25, 0.3) is 27.4 Å². The molecule has 0 saturated carbocycles. The number of hydrogen-bond acceptors (Lipinski definition) is 5. The lowest BCUT2D eigenvalue weighted by Crippen LogP contribution is -2.26. The molecule has 0 aliphatic rings. The van der Waals surface area contributed by atoms with Crippen molar-refractivity contribution in [1.82, 2.24) is 14.5 Å². The zero-order valence-electron chi connectivity index (χ0n) is 18.0. The molecule has 0 aliphatic carbocycles. The summed E-state index contributed by atoms with van der Waals surface area (Å²) in [4.78, 5) is 22.2. The van der Waals surface area contributed by atoms with Crippen molar-refractivity contribution < 1.29 is 4.39 Å². The molecule has 8 heteroatoms. The summed E-state index contributed by atoms with van der Waals surface area (Å²) < 4.78 is 15.1. The number of nitrogens with one attached hydrogen (secondary N) is 1. The van der Waals surface area contributed by atoms with Crippen LogP contribution in [0.4, 0.5) is 10.2 Å². The van der Waals surface area contributed by atoms with Gasteiger partial charge < -0.3 is 5.32 Å². The first kappa shape index (κ1) is 21.6. The molecule has 34 heavy (non-hydrogen) atoms. The lowest BCUT2D eigenvalue weighted by Gasteiger charge is -2.22. The summed E-state index contributed by atoms with van der Waals surface area (Å²) in [6.07, 6.45) is 1.44. The molecule has 0 amide bonds. The molecule has 1 atom stereocenters. The maximum absolute atomic E-state index is 13.6. The van der Waals surface area contributed by atoms with Crippen LogP contribution in [-0.4, -0.2) is 14.5 Å². The Balaban J connectivity index is 1.70. The molecule has 5 aromatic rings. The number of hydrogen-bond donors (Lipinski definition) is 1. The van der Waals surface area contributed by atoms with Crippen LogP contribution in [-0.2, 0) is 0 Å². The molecule has 0 saturated heterocycles. The zero-order chi connectivity index (χ0) is 23.8. The molecule has 1 unspecified atom stereocenters. The molecular formula is C26H17ClFN5O. The third kappa shape index (κ3) is 3.74. The SMILES string of the molecule is CC(Nc1ncnc2ccc(C#N)cc12)c1cc2cccc(Cl)c2c(=O)n1-c1ccc(F)cc1. The standard InChI is InChI=1S/C26H17ClFN5O/c1-15(32-25-20-11-16(13-29)5-10-22(20)30-14-31-25)23-12-17-3-2-4-21(27)24(17)26(34)33(23)19-8-6-18(28)7-9-19/h2-12,14-15H,1H3,(H,30,31,32). The minimum Gasteiger partial charge on any atom is -0.361 e. The quantitative estimate of drug-likeness (QED) is 0.361. The summed E-state index contributed by atoms with van der Waals surface area (Å²) in [5, 5.41) is 14.8. The number of pyridine rings is 1. The monoisotopic (exact) mass is 469 g/mol. The third-order valence-electron chi connectivity index (χ3n) is 5.67. The van der Waals surface area contributed by atoms with E-state index in [0.717, 1.165) is 0 Å². The van der Waals surface area contributed by atoms with E-state index in [0.29, 0.717) is 49.5 Å². The number of anilines is 1. The first-order valence-corrected chi connectivity index (χ1v) is 10.9. The van der Waals surface area contributed by atoms with E-state index in [4.69, 9.17) is 11.6 Å². The number of nitriles is 1. The maximum Gasteiger partial charge on any atom is 0.264 e. The molecule has 0 aliphatic heterocycles. The second-order valence-corrected chi connectivity index (χ2v) is 8.23. The Kier molecular flexibility index (Phi) is 5.44. The third-order valence-corrected chi connectivity index (χ3v) is 5.99. The van der Waals surface area contributed by atoms with Gasteiger partial charge >= 0.3 is 0 Å². The second-order valence-electron chi connectivity index (χ2n) is 7.82. The van der Waals surface area contributed by atoms with Gasteiger partial charge in [0.05, 0.1) is 33.6 Å². The van der Waals surface area contributed by atoms with Crippen LogP contribution in [0, 0.1) is 17.1 Å². The largest absolute Gasteiger partial charge is 0.361 e. The maximum atomic E-state index is 13.6. The molecule has 0 bridgehead atoms. The highest BCUT2D eigenvalue weighted by Crippen LogP contribution is 2.29. The Morgan fingerprint density at radius 1 is 1.09 bits per heavy atom. The van der Waals surface area contributed by atoms with Crippen molar-refractivity contribution in [3.05, 3.63) is 106 Å². The van der Waals surface area contributed by atoms with Gasteiger partial charge in [-0.2, -0.15) is 5.26 Å². The molecule has 166 valence electrons. The van der Waals surface area contributed by atoms with Gasteiger partial charge in [0.2, 0.25) is 0 Å². The highest BCUT2D eigenvalue weighted by molar-refractivity contribution is 6.35. The minimum atomic E-state index is -0.399. The van der Waals surface area contributed by atoms with E-state index in [1.807, 2.05) is 19.1 Å². The molecule has 0 spiro atoms. The lowest BCUT2D eigenvalue weighted by molar-refractivity contribution is 0.627. The predicted molar refractivity (Wildman–Crippen MR) is 131 cm³/mol. The number of rotatable bonds is 4. The average molecular weight is 470 g/mol. The first-order chi connectivity index (χ1) is 16.5. The van der Waals surface area contributed by atoms with E-state index in [1.54, 1.807) is 42.5 Å². The minimum absolute atomic E-state index is 0.308. The van der Waals surface area contributed by atoms with Gasteiger partial charge in [-0.1, -0.05) is 23.7 Å². The fourth-order valence-electron chi connectivity index (χ4n) is 4.04. The van der Waals surface area contributed by atoms with Gasteiger partial charge in [-0.05, 0) is 66.9 Å². The molecule has 2 heterocycles. The lowest BCUT2D eigenvalue weighted by atomic mass is 10.1. The summed E-state index contributed by atoms with van der Waals surface area (Å²) in [6.45, 7) is 1.90. The predicted octanol–water partition coefficient (Wildman–Crippen LogP) is 5.77.